The molecule has 1 saturated heterocycles. The Bertz CT molecular complexity index is 359. The quantitative estimate of drug-likeness (QED) is 0.607. The molecule has 2 rings (SSSR count). The SMILES string of the molecule is O=c1[nH]ccnc1NCC1COCCN1. The molecule has 3 N–H and O–H groups in total. The minimum atomic E-state index is -0.200. The molecule has 1 fully saturated rings. The van der Waals surface area contributed by atoms with Crippen LogP contribution in [-0.2, 0) is 4.74 Å². The zero-order valence-electron chi connectivity index (χ0n) is 8.32. The average molecular weight is 210 g/mol. The van der Waals surface area contributed by atoms with E-state index in [2.05, 4.69) is 20.6 Å². The van der Waals surface area contributed by atoms with Crippen molar-refractivity contribution in [3.8, 4) is 0 Å². The van der Waals surface area contributed by atoms with E-state index in [4.69, 9.17) is 4.74 Å². The molecular weight excluding hydrogens is 196 g/mol. The number of hydrogen-bond donors (Lipinski definition) is 3. The molecule has 0 aliphatic carbocycles. The van der Waals surface area contributed by atoms with Crippen LogP contribution in [0.1, 0.15) is 0 Å². The van der Waals surface area contributed by atoms with Crippen molar-refractivity contribution in [2.24, 2.45) is 0 Å². The third-order valence-electron chi connectivity index (χ3n) is 2.22. The lowest BCUT2D eigenvalue weighted by atomic mass is 10.3. The van der Waals surface area contributed by atoms with Crippen LogP contribution in [0.15, 0.2) is 17.2 Å². The van der Waals surface area contributed by atoms with Crippen molar-refractivity contribution in [1.29, 1.82) is 0 Å². The van der Waals surface area contributed by atoms with E-state index >= 15 is 0 Å². The van der Waals surface area contributed by atoms with Crippen molar-refractivity contribution in [3.63, 3.8) is 0 Å². The third kappa shape index (κ3) is 2.77. The van der Waals surface area contributed by atoms with Crippen LogP contribution in [0.3, 0.4) is 0 Å². The van der Waals surface area contributed by atoms with Crippen LogP contribution in [-0.4, -0.2) is 42.3 Å². The monoisotopic (exact) mass is 210 g/mol. The number of hydrogen-bond acceptors (Lipinski definition) is 5. The van der Waals surface area contributed by atoms with Crippen molar-refractivity contribution in [1.82, 2.24) is 15.3 Å². The van der Waals surface area contributed by atoms with Gasteiger partial charge in [0.15, 0.2) is 5.82 Å². The molecule has 2 heterocycles. The molecule has 6 nitrogen and oxygen atoms in total. The van der Waals surface area contributed by atoms with Gasteiger partial charge in [-0.2, -0.15) is 0 Å². The van der Waals surface area contributed by atoms with E-state index in [-0.39, 0.29) is 11.6 Å². The molecule has 1 atom stereocenters. The van der Waals surface area contributed by atoms with Crippen LogP contribution >= 0.6 is 0 Å². The fraction of sp³-hybridized carbons (Fsp3) is 0.556. The first-order valence-electron chi connectivity index (χ1n) is 4.95. The number of aromatic nitrogens is 2. The summed E-state index contributed by atoms with van der Waals surface area (Å²) >= 11 is 0. The Balaban J connectivity index is 1.87. The predicted octanol–water partition coefficient (Wildman–Crippen LogP) is -0.830. The summed E-state index contributed by atoms with van der Waals surface area (Å²) in [5.74, 6) is 0.352. The Hall–Kier alpha value is -1.40. The molecule has 0 radical (unpaired) electrons. The van der Waals surface area contributed by atoms with Crippen molar-refractivity contribution in [2.75, 3.05) is 31.6 Å². The largest absolute Gasteiger partial charge is 0.378 e. The molecule has 1 aromatic rings. The molecule has 0 aromatic carbocycles. The molecule has 1 aliphatic rings. The van der Waals surface area contributed by atoms with Crippen LogP contribution < -0.4 is 16.2 Å². The molecule has 0 amide bonds. The highest BCUT2D eigenvalue weighted by molar-refractivity contribution is 5.30. The molecule has 0 bridgehead atoms. The highest BCUT2D eigenvalue weighted by Gasteiger charge is 2.12. The Morgan fingerprint density at radius 1 is 1.67 bits per heavy atom. The van der Waals surface area contributed by atoms with Gasteiger partial charge in [-0.25, -0.2) is 4.98 Å². The fourth-order valence-electron chi connectivity index (χ4n) is 1.45. The zero-order chi connectivity index (χ0) is 10.5. The summed E-state index contributed by atoms with van der Waals surface area (Å²) in [7, 11) is 0. The van der Waals surface area contributed by atoms with Crippen molar-refractivity contribution in [3.05, 3.63) is 22.7 Å². The maximum atomic E-state index is 11.3. The van der Waals surface area contributed by atoms with Crippen LogP contribution in [0.5, 0.6) is 0 Å². The Kier molecular flexibility index (Phi) is 3.31. The average Bonchev–Trinajstić information content (AvgIpc) is 2.29. The highest BCUT2D eigenvalue weighted by atomic mass is 16.5. The normalized spacial score (nSPS) is 21.2. The maximum absolute atomic E-state index is 11.3. The predicted molar refractivity (Wildman–Crippen MR) is 56.0 cm³/mol. The molecular formula is C9H14N4O2. The van der Waals surface area contributed by atoms with Gasteiger partial charge in [0.05, 0.1) is 13.2 Å². The van der Waals surface area contributed by atoms with E-state index in [0.717, 1.165) is 13.2 Å². The van der Waals surface area contributed by atoms with Gasteiger partial charge < -0.3 is 20.4 Å². The number of H-pyrrole nitrogens is 1. The standard InChI is InChI=1S/C9H14N4O2/c14-9-8(11-1-2-12-9)13-5-7-6-15-4-3-10-7/h1-2,7,10H,3-6H2,(H,11,13)(H,12,14). The van der Waals surface area contributed by atoms with Gasteiger partial charge in [0, 0.05) is 31.5 Å². The maximum Gasteiger partial charge on any atom is 0.290 e. The first kappa shape index (κ1) is 10.1. The summed E-state index contributed by atoms with van der Waals surface area (Å²) in [6.45, 7) is 2.91. The minimum absolute atomic E-state index is 0.200. The van der Waals surface area contributed by atoms with E-state index in [9.17, 15) is 4.79 Å². The van der Waals surface area contributed by atoms with Crippen molar-refractivity contribution in [2.45, 2.75) is 6.04 Å². The van der Waals surface area contributed by atoms with Gasteiger partial charge in [0.1, 0.15) is 0 Å². The molecule has 0 spiro atoms. The zero-order valence-corrected chi connectivity index (χ0v) is 8.32. The number of anilines is 1. The highest BCUT2D eigenvalue weighted by Crippen LogP contribution is 1.95. The Morgan fingerprint density at radius 3 is 3.33 bits per heavy atom. The Labute approximate surface area is 87.1 Å². The van der Waals surface area contributed by atoms with E-state index in [1.54, 1.807) is 6.20 Å². The molecule has 15 heavy (non-hydrogen) atoms. The van der Waals surface area contributed by atoms with Crippen LogP contribution in [0, 0.1) is 0 Å². The molecule has 1 aromatic heterocycles. The van der Waals surface area contributed by atoms with Crippen molar-refractivity contribution >= 4 is 5.82 Å². The minimum Gasteiger partial charge on any atom is -0.378 e. The fourth-order valence-corrected chi connectivity index (χ4v) is 1.45. The number of rotatable bonds is 3. The van der Waals surface area contributed by atoms with E-state index < -0.39 is 0 Å². The Morgan fingerprint density at radius 2 is 2.60 bits per heavy atom. The van der Waals surface area contributed by atoms with Crippen LogP contribution in [0.4, 0.5) is 5.82 Å². The molecule has 1 aliphatic heterocycles. The van der Waals surface area contributed by atoms with E-state index in [1.807, 2.05) is 0 Å². The number of nitrogens with zero attached hydrogens (tertiary/aromatic N) is 1. The lowest BCUT2D eigenvalue weighted by molar-refractivity contribution is 0.0806. The van der Waals surface area contributed by atoms with Gasteiger partial charge in [0.25, 0.3) is 5.56 Å². The molecule has 1 unspecified atom stereocenters. The van der Waals surface area contributed by atoms with Gasteiger partial charge >= 0.3 is 0 Å². The number of morpholine rings is 1. The molecule has 6 heteroatoms. The van der Waals surface area contributed by atoms with Gasteiger partial charge in [-0.05, 0) is 0 Å². The first-order valence-corrected chi connectivity index (χ1v) is 4.95. The first-order chi connectivity index (χ1) is 7.36. The summed E-state index contributed by atoms with van der Waals surface area (Å²) in [4.78, 5) is 17.8. The second-order valence-electron chi connectivity index (χ2n) is 3.37. The second-order valence-corrected chi connectivity index (χ2v) is 3.37. The van der Waals surface area contributed by atoms with Gasteiger partial charge in [-0.15, -0.1) is 0 Å². The van der Waals surface area contributed by atoms with E-state index in [0.29, 0.717) is 19.0 Å². The molecule has 82 valence electrons. The summed E-state index contributed by atoms with van der Waals surface area (Å²) in [5, 5.41) is 6.27. The lowest BCUT2D eigenvalue weighted by Gasteiger charge is -2.23. The van der Waals surface area contributed by atoms with Crippen molar-refractivity contribution < 1.29 is 4.74 Å². The topological polar surface area (TPSA) is 79.0 Å². The number of nitrogens with one attached hydrogen (secondary N) is 3. The number of ether oxygens (including phenoxy) is 1. The molecule has 0 saturated carbocycles. The summed E-state index contributed by atoms with van der Waals surface area (Å²) in [5.41, 5.74) is -0.200. The van der Waals surface area contributed by atoms with E-state index in [1.165, 1.54) is 6.20 Å². The lowest BCUT2D eigenvalue weighted by Crippen LogP contribution is -2.45. The summed E-state index contributed by atoms with van der Waals surface area (Å²) < 4.78 is 5.29. The van der Waals surface area contributed by atoms with Gasteiger partial charge in [0.2, 0.25) is 0 Å². The number of aromatic amines is 1. The summed E-state index contributed by atoms with van der Waals surface area (Å²) in [6, 6.07) is 0.236. The second kappa shape index (κ2) is 4.90. The summed E-state index contributed by atoms with van der Waals surface area (Å²) in [6.07, 6.45) is 3.06. The van der Waals surface area contributed by atoms with Gasteiger partial charge in [-0.3, -0.25) is 4.79 Å². The van der Waals surface area contributed by atoms with Crippen LogP contribution in [0.2, 0.25) is 0 Å². The third-order valence-corrected chi connectivity index (χ3v) is 2.22. The van der Waals surface area contributed by atoms with Crippen LogP contribution in [0.25, 0.3) is 0 Å². The smallest absolute Gasteiger partial charge is 0.290 e. The van der Waals surface area contributed by atoms with Gasteiger partial charge in [-0.1, -0.05) is 0 Å².